The van der Waals surface area contributed by atoms with Crippen LogP contribution in [-0.4, -0.2) is 36.1 Å². The van der Waals surface area contributed by atoms with Crippen molar-refractivity contribution in [1.29, 1.82) is 5.26 Å². The molecule has 2 heterocycles. The summed E-state index contributed by atoms with van der Waals surface area (Å²) in [6.07, 6.45) is 5.52. The summed E-state index contributed by atoms with van der Waals surface area (Å²) in [5, 5.41) is 12.4. The van der Waals surface area contributed by atoms with Crippen molar-refractivity contribution < 1.29 is 0 Å². The number of likely N-dealkylation sites (tertiary alicyclic amines) is 1. The summed E-state index contributed by atoms with van der Waals surface area (Å²) in [5.41, 5.74) is 1.65. The van der Waals surface area contributed by atoms with Gasteiger partial charge in [0.15, 0.2) is 0 Å². The number of aromatic nitrogens is 1. The molecule has 18 heavy (non-hydrogen) atoms. The Kier molecular flexibility index (Phi) is 4.54. The second-order valence-corrected chi connectivity index (χ2v) is 4.79. The molecule has 0 aliphatic carbocycles. The summed E-state index contributed by atoms with van der Waals surface area (Å²) >= 11 is 0. The largest absolute Gasteiger partial charge is 0.369 e. The number of hydrogen-bond donors (Lipinski definition) is 1. The van der Waals surface area contributed by atoms with Gasteiger partial charge in [-0.1, -0.05) is 0 Å². The molecular formula is C14H20N4. The lowest BCUT2D eigenvalue weighted by Gasteiger charge is -2.14. The second-order valence-electron chi connectivity index (χ2n) is 4.79. The zero-order valence-corrected chi connectivity index (χ0v) is 10.9. The SMILES string of the molecule is Cc1ccnc(NCCCN2CCCC2)c1C#N. The van der Waals surface area contributed by atoms with E-state index in [1.807, 2.05) is 13.0 Å². The summed E-state index contributed by atoms with van der Waals surface area (Å²) < 4.78 is 0. The summed E-state index contributed by atoms with van der Waals surface area (Å²) in [6, 6.07) is 4.08. The molecule has 1 aromatic rings. The number of aryl methyl sites for hydroxylation is 1. The Bertz CT molecular complexity index is 430. The van der Waals surface area contributed by atoms with Crippen LogP contribution in [0.25, 0.3) is 0 Å². The van der Waals surface area contributed by atoms with Crippen LogP contribution in [0.5, 0.6) is 0 Å². The third-order valence-corrected chi connectivity index (χ3v) is 3.41. The molecule has 0 spiro atoms. The van der Waals surface area contributed by atoms with E-state index < -0.39 is 0 Å². The highest BCUT2D eigenvalue weighted by molar-refractivity contribution is 5.55. The fourth-order valence-electron chi connectivity index (χ4n) is 2.35. The van der Waals surface area contributed by atoms with Gasteiger partial charge in [-0.2, -0.15) is 5.26 Å². The molecule has 96 valence electrons. The highest BCUT2D eigenvalue weighted by Gasteiger charge is 2.10. The van der Waals surface area contributed by atoms with Gasteiger partial charge in [-0.15, -0.1) is 0 Å². The lowest BCUT2D eigenvalue weighted by Crippen LogP contribution is -2.22. The van der Waals surface area contributed by atoms with E-state index in [0.29, 0.717) is 5.56 Å². The molecule has 1 N–H and O–H groups in total. The molecule has 2 rings (SSSR count). The van der Waals surface area contributed by atoms with Crippen molar-refractivity contribution in [1.82, 2.24) is 9.88 Å². The molecule has 1 fully saturated rings. The second kappa shape index (κ2) is 6.36. The molecule has 1 aromatic heterocycles. The molecule has 4 nitrogen and oxygen atoms in total. The van der Waals surface area contributed by atoms with Crippen LogP contribution in [-0.2, 0) is 0 Å². The standard InChI is InChI=1S/C14H20N4/c1-12-5-7-17-14(13(12)11-15)16-6-4-10-18-8-2-3-9-18/h5,7H,2-4,6,8-10H2,1H3,(H,16,17). The van der Waals surface area contributed by atoms with Gasteiger partial charge in [0.05, 0.1) is 5.56 Å². The van der Waals surface area contributed by atoms with E-state index >= 15 is 0 Å². The van der Waals surface area contributed by atoms with E-state index in [1.54, 1.807) is 6.20 Å². The van der Waals surface area contributed by atoms with Crippen LogP contribution < -0.4 is 5.32 Å². The molecule has 0 unspecified atom stereocenters. The molecule has 1 aliphatic rings. The first kappa shape index (κ1) is 12.8. The van der Waals surface area contributed by atoms with Gasteiger partial charge < -0.3 is 10.2 Å². The van der Waals surface area contributed by atoms with Crippen LogP contribution in [0.2, 0.25) is 0 Å². The third-order valence-electron chi connectivity index (χ3n) is 3.41. The quantitative estimate of drug-likeness (QED) is 0.806. The van der Waals surface area contributed by atoms with Gasteiger partial charge in [-0.05, 0) is 57.5 Å². The highest BCUT2D eigenvalue weighted by atomic mass is 15.1. The average molecular weight is 244 g/mol. The number of nitrogens with one attached hydrogen (secondary N) is 1. The Morgan fingerprint density at radius 2 is 2.22 bits per heavy atom. The molecule has 0 amide bonds. The predicted octanol–water partition coefficient (Wildman–Crippen LogP) is 2.16. The van der Waals surface area contributed by atoms with Gasteiger partial charge in [-0.25, -0.2) is 4.98 Å². The molecular weight excluding hydrogens is 224 g/mol. The normalized spacial score (nSPS) is 15.6. The van der Waals surface area contributed by atoms with Gasteiger partial charge in [0.1, 0.15) is 11.9 Å². The fraction of sp³-hybridized carbons (Fsp3) is 0.571. The molecule has 4 heteroatoms. The van der Waals surface area contributed by atoms with Gasteiger partial charge >= 0.3 is 0 Å². The molecule has 0 bridgehead atoms. The lowest BCUT2D eigenvalue weighted by molar-refractivity contribution is 0.337. The van der Waals surface area contributed by atoms with Gasteiger partial charge in [0, 0.05) is 12.7 Å². The molecule has 0 atom stereocenters. The van der Waals surface area contributed by atoms with Crippen LogP contribution >= 0.6 is 0 Å². The van der Waals surface area contributed by atoms with Crippen LogP contribution in [0.3, 0.4) is 0 Å². The lowest BCUT2D eigenvalue weighted by atomic mass is 10.1. The Morgan fingerprint density at radius 1 is 1.44 bits per heavy atom. The summed E-state index contributed by atoms with van der Waals surface area (Å²) in [5.74, 6) is 0.721. The van der Waals surface area contributed by atoms with Gasteiger partial charge in [-0.3, -0.25) is 0 Å². The Hall–Kier alpha value is -1.60. The van der Waals surface area contributed by atoms with E-state index in [-0.39, 0.29) is 0 Å². The number of hydrogen-bond acceptors (Lipinski definition) is 4. The summed E-state index contributed by atoms with van der Waals surface area (Å²) in [6.45, 7) is 6.44. The number of pyridine rings is 1. The van der Waals surface area contributed by atoms with E-state index in [1.165, 1.54) is 25.9 Å². The first-order valence-corrected chi connectivity index (χ1v) is 6.63. The topological polar surface area (TPSA) is 52.0 Å². The number of anilines is 1. The van der Waals surface area contributed by atoms with Crippen molar-refractivity contribution in [2.45, 2.75) is 26.2 Å². The maximum absolute atomic E-state index is 9.09. The van der Waals surface area contributed by atoms with Gasteiger partial charge in [0.2, 0.25) is 0 Å². The van der Waals surface area contributed by atoms with E-state index in [9.17, 15) is 0 Å². The van der Waals surface area contributed by atoms with Crippen molar-refractivity contribution in [3.8, 4) is 6.07 Å². The smallest absolute Gasteiger partial charge is 0.144 e. The van der Waals surface area contributed by atoms with Crippen LogP contribution in [0, 0.1) is 18.3 Å². The molecule has 1 aliphatic heterocycles. The first-order chi connectivity index (χ1) is 8.81. The summed E-state index contributed by atoms with van der Waals surface area (Å²) in [7, 11) is 0. The number of rotatable bonds is 5. The van der Waals surface area contributed by atoms with Crippen LogP contribution in [0.1, 0.15) is 30.4 Å². The Morgan fingerprint density at radius 3 is 2.94 bits per heavy atom. The zero-order valence-electron chi connectivity index (χ0n) is 10.9. The average Bonchev–Trinajstić information content (AvgIpc) is 2.88. The molecule has 0 saturated carbocycles. The van der Waals surface area contributed by atoms with Crippen LogP contribution in [0.15, 0.2) is 12.3 Å². The Balaban J connectivity index is 1.79. The maximum Gasteiger partial charge on any atom is 0.144 e. The zero-order chi connectivity index (χ0) is 12.8. The van der Waals surface area contributed by atoms with Crippen molar-refractivity contribution in [3.05, 3.63) is 23.4 Å². The monoisotopic (exact) mass is 244 g/mol. The maximum atomic E-state index is 9.09. The minimum atomic E-state index is 0.665. The molecule has 1 saturated heterocycles. The van der Waals surface area contributed by atoms with E-state index in [2.05, 4.69) is 21.3 Å². The van der Waals surface area contributed by atoms with E-state index in [4.69, 9.17) is 5.26 Å². The molecule has 0 radical (unpaired) electrons. The minimum Gasteiger partial charge on any atom is -0.369 e. The Labute approximate surface area is 109 Å². The van der Waals surface area contributed by atoms with Crippen molar-refractivity contribution in [3.63, 3.8) is 0 Å². The third kappa shape index (κ3) is 3.21. The first-order valence-electron chi connectivity index (χ1n) is 6.63. The van der Waals surface area contributed by atoms with Crippen molar-refractivity contribution in [2.24, 2.45) is 0 Å². The minimum absolute atomic E-state index is 0.665. The summed E-state index contributed by atoms with van der Waals surface area (Å²) in [4.78, 5) is 6.73. The van der Waals surface area contributed by atoms with Gasteiger partial charge in [0.25, 0.3) is 0 Å². The number of nitriles is 1. The van der Waals surface area contributed by atoms with Crippen molar-refractivity contribution >= 4 is 5.82 Å². The number of nitrogens with zero attached hydrogens (tertiary/aromatic N) is 3. The van der Waals surface area contributed by atoms with Crippen molar-refractivity contribution in [2.75, 3.05) is 31.5 Å². The van der Waals surface area contributed by atoms with E-state index in [0.717, 1.165) is 30.9 Å². The highest BCUT2D eigenvalue weighted by Crippen LogP contribution is 2.15. The predicted molar refractivity (Wildman–Crippen MR) is 72.5 cm³/mol. The molecule has 0 aromatic carbocycles. The fourth-order valence-corrected chi connectivity index (χ4v) is 2.35. The van der Waals surface area contributed by atoms with Crippen LogP contribution in [0.4, 0.5) is 5.82 Å².